The van der Waals surface area contributed by atoms with E-state index in [1.807, 2.05) is 0 Å². The van der Waals surface area contributed by atoms with E-state index in [1.54, 1.807) is 0 Å². The second kappa shape index (κ2) is 4.45. The van der Waals surface area contributed by atoms with Gasteiger partial charge in [-0.15, -0.1) is 0 Å². The van der Waals surface area contributed by atoms with Crippen LogP contribution < -0.4 is 6.15 Å². The summed E-state index contributed by atoms with van der Waals surface area (Å²) in [5, 5.41) is 0. The molecule has 0 aromatic rings. The first-order chi connectivity index (χ1) is 3.18. The molecule has 5 heteroatoms. The van der Waals surface area contributed by atoms with Crippen LogP contribution >= 0.6 is 0 Å². The van der Waals surface area contributed by atoms with Gasteiger partial charge in [-0.25, -0.2) is 4.79 Å². The largest absolute Gasteiger partial charge is 0.465 e. The van der Waals surface area contributed by atoms with Crippen molar-refractivity contribution < 1.29 is 18.3 Å². The fourth-order valence-electron chi connectivity index (χ4n) is 0.0891. The Morgan fingerprint density at radius 3 is 2.00 bits per heavy atom. The van der Waals surface area contributed by atoms with Crippen LogP contribution in [-0.2, 0) is 9.53 Å². The fraction of sp³-hybridized carbons (Fsp3) is 0.667. The van der Waals surface area contributed by atoms with Crippen molar-refractivity contribution in [3.8, 4) is 0 Å². The molecule has 0 aromatic heterocycles. The standard InChI is InChI=1S/C3H4F2O2.H3N/c1-7-3(6)2(4)5;/h2H,1H3;1H3. The fourth-order valence-corrected chi connectivity index (χ4v) is 0.0891. The number of alkyl halides is 2. The summed E-state index contributed by atoms with van der Waals surface area (Å²) in [6.45, 7) is 0. The van der Waals surface area contributed by atoms with Crippen LogP contribution in [0.25, 0.3) is 0 Å². The molecule has 0 fully saturated rings. The molecule has 0 amide bonds. The van der Waals surface area contributed by atoms with Crippen LogP contribution in [0, 0.1) is 0 Å². The van der Waals surface area contributed by atoms with Crippen molar-refractivity contribution in [3.63, 3.8) is 0 Å². The Labute approximate surface area is 45.2 Å². The minimum atomic E-state index is -3.00. The Hall–Kier alpha value is -0.710. The number of esters is 1. The maximum absolute atomic E-state index is 11.0. The third kappa shape index (κ3) is 3.48. The lowest BCUT2D eigenvalue weighted by Crippen LogP contribution is -2.10. The second-order valence-corrected chi connectivity index (χ2v) is 0.824. The van der Waals surface area contributed by atoms with Crippen LogP contribution in [-0.4, -0.2) is 19.5 Å². The van der Waals surface area contributed by atoms with E-state index in [1.165, 1.54) is 0 Å². The van der Waals surface area contributed by atoms with E-state index in [9.17, 15) is 13.6 Å². The summed E-state index contributed by atoms with van der Waals surface area (Å²) in [7, 11) is 0.911. The molecule has 8 heavy (non-hydrogen) atoms. The maximum atomic E-state index is 11.0. The smallest absolute Gasteiger partial charge is 0.373 e. The van der Waals surface area contributed by atoms with Crippen molar-refractivity contribution in [1.82, 2.24) is 6.15 Å². The minimum Gasteiger partial charge on any atom is -0.465 e. The predicted molar refractivity (Wildman–Crippen MR) is 23.0 cm³/mol. The van der Waals surface area contributed by atoms with Gasteiger partial charge in [-0.05, 0) is 0 Å². The van der Waals surface area contributed by atoms with Gasteiger partial charge < -0.3 is 10.9 Å². The van der Waals surface area contributed by atoms with E-state index >= 15 is 0 Å². The topological polar surface area (TPSA) is 61.3 Å². The zero-order valence-electron chi connectivity index (χ0n) is 4.36. The SMILES string of the molecule is COC(=O)C(F)F.N. The first-order valence-electron chi connectivity index (χ1n) is 1.54. The molecule has 0 aromatic carbocycles. The molecule has 0 atom stereocenters. The highest BCUT2D eigenvalue weighted by Crippen LogP contribution is 1.92. The molecule has 0 spiro atoms. The van der Waals surface area contributed by atoms with Crippen molar-refractivity contribution in [1.29, 1.82) is 0 Å². The van der Waals surface area contributed by atoms with Gasteiger partial charge in [0.15, 0.2) is 0 Å². The molecule has 0 bridgehead atoms. The average molecular weight is 127 g/mol. The summed E-state index contributed by atoms with van der Waals surface area (Å²) < 4.78 is 25.5. The number of methoxy groups -OCH3 is 1. The van der Waals surface area contributed by atoms with Gasteiger partial charge in [-0.2, -0.15) is 8.78 Å². The molecular formula is C3H7F2NO2. The third-order valence-electron chi connectivity index (χ3n) is 0.379. The highest BCUT2D eigenvalue weighted by Gasteiger charge is 2.13. The number of carbonyl (C=O) groups excluding carboxylic acids is 1. The van der Waals surface area contributed by atoms with Gasteiger partial charge in [0, 0.05) is 0 Å². The zero-order valence-corrected chi connectivity index (χ0v) is 4.36. The molecule has 3 nitrogen and oxygen atoms in total. The highest BCUT2D eigenvalue weighted by molar-refractivity contribution is 5.72. The van der Waals surface area contributed by atoms with Crippen LogP contribution in [0.4, 0.5) is 8.78 Å². The molecule has 0 unspecified atom stereocenters. The first-order valence-corrected chi connectivity index (χ1v) is 1.54. The molecule has 0 saturated carbocycles. The number of ether oxygens (including phenoxy) is 1. The van der Waals surface area contributed by atoms with Crippen LogP contribution in [0.15, 0.2) is 0 Å². The number of rotatable bonds is 1. The molecule has 0 aliphatic carbocycles. The van der Waals surface area contributed by atoms with Gasteiger partial charge in [0.05, 0.1) is 7.11 Å². The van der Waals surface area contributed by atoms with Crippen molar-refractivity contribution >= 4 is 5.97 Å². The highest BCUT2D eigenvalue weighted by atomic mass is 19.3. The van der Waals surface area contributed by atoms with Crippen molar-refractivity contribution in [2.45, 2.75) is 6.43 Å². The van der Waals surface area contributed by atoms with Gasteiger partial charge in [0.1, 0.15) is 0 Å². The van der Waals surface area contributed by atoms with Gasteiger partial charge in [0.2, 0.25) is 0 Å². The molecule has 0 saturated heterocycles. The van der Waals surface area contributed by atoms with Gasteiger partial charge in [-0.1, -0.05) is 0 Å². The number of hydrogen-bond donors (Lipinski definition) is 1. The Bertz CT molecular complexity index is 75.7. The monoisotopic (exact) mass is 127 g/mol. The quantitative estimate of drug-likeness (QED) is 0.524. The van der Waals surface area contributed by atoms with E-state index in [0.717, 1.165) is 7.11 Å². The number of halogens is 2. The second-order valence-electron chi connectivity index (χ2n) is 0.824. The summed E-state index contributed by atoms with van der Waals surface area (Å²) >= 11 is 0. The van der Waals surface area contributed by atoms with E-state index < -0.39 is 12.4 Å². The lowest BCUT2D eigenvalue weighted by Gasteiger charge is -1.91. The summed E-state index contributed by atoms with van der Waals surface area (Å²) in [4.78, 5) is 9.54. The minimum absolute atomic E-state index is 0. The van der Waals surface area contributed by atoms with Gasteiger partial charge in [0.25, 0.3) is 0 Å². The molecule has 0 rings (SSSR count). The third-order valence-corrected chi connectivity index (χ3v) is 0.379. The normalized spacial score (nSPS) is 8.00. The Kier molecular flexibility index (Phi) is 5.73. The Morgan fingerprint density at radius 2 is 2.00 bits per heavy atom. The summed E-state index contributed by atoms with van der Waals surface area (Å²) in [6.07, 6.45) is -3.00. The Morgan fingerprint density at radius 1 is 1.62 bits per heavy atom. The van der Waals surface area contributed by atoms with Gasteiger partial charge >= 0.3 is 12.4 Å². The summed E-state index contributed by atoms with van der Waals surface area (Å²) in [6, 6.07) is 0. The average Bonchev–Trinajstić information content (AvgIpc) is 1.65. The molecule has 3 N–H and O–H groups in total. The van der Waals surface area contributed by atoms with Crippen molar-refractivity contribution in [2.24, 2.45) is 0 Å². The van der Waals surface area contributed by atoms with Crippen LogP contribution in [0.5, 0.6) is 0 Å². The van der Waals surface area contributed by atoms with E-state index in [4.69, 9.17) is 0 Å². The lowest BCUT2D eigenvalue weighted by molar-refractivity contribution is -0.153. The van der Waals surface area contributed by atoms with E-state index in [0.29, 0.717) is 0 Å². The Balaban J connectivity index is 0. The van der Waals surface area contributed by atoms with Crippen LogP contribution in [0.1, 0.15) is 0 Å². The summed E-state index contributed by atoms with van der Waals surface area (Å²) in [5.41, 5.74) is 0. The predicted octanol–water partition coefficient (Wildman–Crippen LogP) is 0.586. The van der Waals surface area contributed by atoms with E-state index in [-0.39, 0.29) is 6.15 Å². The molecule has 50 valence electrons. The molecular weight excluding hydrogens is 120 g/mol. The lowest BCUT2D eigenvalue weighted by atomic mass is 10.7. The van der Waals surface area contributed by atoms with Crippen LogP contribution in [0.3, 0.4) is 0 Å². The number of hydrogen-bond acceptors (Lipinski definition) is 3. The molecule has 0 aliphatic heterocycles. The molecule has 0 aliphatic rings. The molecule has 0 radical (unpaired) electrons. The maximum Gasteiger partial charge on any atom is 0.373 e. The molecule has 0 heterocycles. The van der Waals surface area contributed by atoms with Gasteiger partial charge in [-0.3, -0.25) is 0 Å². The van der Waals surface area contributed by atoms with E-state index in [2.05, 4.69) is 4.74 Å². The van der Waals surface area contributed by atoms with Crippen LogP contribution in [0.2, 0.25) is 0 Å². The zero-order chi connectivity index (χ0) is 5.86. The number of carbonyl (C=O) groups is 1. The summed E-state index contributed by atoms with van der Waals surface area (Å²) in [5.74, 6) is -1.49. The van der Waals surface area contributed by atoms with Crippen molar-refractivity contribution in [2.75, 3.05) is 7.11 Å². The van der Waals surface area contributed by atoms with Crippen molar-refractivity contribution in [3.05, 3.63) is 0 Å². The first kappa shape index (κ1) is 10.3.